The van der Waals surface area contributed by atoms with E-state index in [1.54, 1.807) is 38.8 Å². The summed E-state index contributed by atoms with van der Waals surface area (Å²) in [5, 5.41) is 18.7. The van der Waals surface area contributed by atoms with E-state index >= 15 is 0 Å². The highest BCUT2D eigenvalue weighted by Crippen LogP contribution is 2.26. The van der Waals surface area contributed by atoms with Crippen LogP contribution in [0.25, 0.3) is 10.4 Å². The first-order valence-electron chi connectivity index (χ1n) is 12.8. The van der Waals surface area contributed by atoms with Crippen LogP contribution in [0.4, 0.5) is 4.79 Å². The van der Waals surface area contributed by atoms with Crippen LogP contribution in [-0.4, -0.2) is 91.4 Å². The molecule has 0 aliphatic carbocycles. The van der Waals surface area contributed by atoms with Crippen LogP contribution in [0.3, 0.4) is 0 Å². The van der Waals surface area contributed by atoms with E-state index in [4.69, 9.17) is 40.9 Å². The summed E-state index contributed by atoms with van der Waals surface area (Å²) in [6, 6.07) is 0. The second kappa shape index (κ2) is 21.1. The number of aliphatic hydroxyl groups excluding tert-OH is 1. The number of rotatable bonds is 18. The summed E-state index contributed by atoms with van der Waals surface area (Å²) < 4.78 is 22.2. The van der Waals surface area contributed by atoms with Gasteiger partial charge < -0.3 is 45.3 Å². The third-order valence-corrected chi connectivity index (χ3v) is 7.25. The van der Waals surface area contributed by atoms with Crippen molar-refractivity contribution in [3.63, 3.8) is 0 Å². The maximum absolute atomic E-state index is 11.6. The van der Waals surface area contributed by atoms with E-state index in [1.807, 2.05) is 27.7 Å². The molecule has 232 valence electrons. The maximum Gasteiger partial charge on any atom is 0.407 e. The predicted octanol–water partition coefficient (Wildman–Crippen LogP) is 2.07. The van der Waals surface area contributed by atoms with Gasteiger partial charge in [-0.1, -0.05) is 32.6 Å². The zero-order valence-electron chi connectivity index (χ0n) is 23.9. The normalized spacial score (nSPS) is 19.0. The van der Waals surface area contributed by atoms with Crippen LogP contribution < -0.4 is 22.3 Å². The molecule has 0 saturated carbocycles. The number of carbonyl (C=O) groups is 1. The van der Waals surface area contributed by atoms with E-state index in [2.05, 4.69) is 32.5 Å². The first kappa shape index (κ1) is 36.3. The molecule has 1 amide bonds. The number of aliphatic hydroxyl groups is 1. The molecule has 1 heterocycles. The van der Waals surface area contributed by atoms with Gasteiger partial charge in [0.2, 0.25) is 0 Å². The Morgan fingerprint density at radius 1 is 1.34 bits per heavy atom. The molecular formula is C24H42N8O7S2. The molecule has 15 nitrogen and oxygen atoms in total. The molecule has 3 atom stereocenters. The molecule has 1 aliphatic heterocycles. The number of alkyl carbamates (subject to hydrolysis) is 1. The van der Waals surface area contributed by atoms with Crippen LogP contribution in [0.1, 0.15) is 34.1 Å². The smallest absolute Gasteiger partial charge is 0.407 e. The zero-order valence-corrected chi connectivity index (χ0v) is 25.5. The highest BCUT2D eigenvalue weighted by atomic mass is 33.1. The Kier molecular flexibility index (Phi) is 18.7. The number of ether oxygens (including phenoxy) is 4. The summed E-state index contributed by atoms with van der Waals surface area (Å²) in [5.41, 5.74) is 14.2. The average Bonchev–Trinajstić information content (AvgIpc) is 3.33. The number of allylic oxidation sites excluding steroid dienone is 2. The number of carbonyl (C=O) groups excluding carboxylic acids is 1. The van der Waals surface area contributed by atoms with Gasteiger partial charge in [-0.05, 0) is 45.2 Å². The number of hydrogen-bond acceptors (Lipinski definition) is 14. The number of nitrogens with one attached hydrogen (secondary N) is 2. The Morgan fingerprint density at radius 3 is 2.76 bits per heavy atom. The van der Waals surface area contributed by atoms with Gasteiger partial charge >= 0.3 is 6.09 Å². The standard InChI is InChI=1S/C24H42N8O7S2/c1-5-21(35-10-12-41-40-11-9-29-23(34)39-24(2,3)4)28-8-6-7-18(25)14-32(17-37-27)22-13-19(20(15-33)38-22)36-16-30-31-26/h5,14,19-20,22,28,33H,8-13,15-17,25,27H2,1-4H3,(H,29,34)/b18-14-,21-5?/t19-,20-,22-/m1/s1. The Labute approximate surface area is 249 Å². The predicted molar refractivity (Wildman–Crippen MR) is 158 cm³/mol. The van der Waals surface area contributed by atoms with Crippen molar-refractivity contribution in [2.75, 3.05) is 51.3 Å². The van der Waals surface area contributed by atoms with Gasteiger partial charge in [-0.15, -0.1) is 0 Å². The number of amides is 1. The summed E-state index contributed by atoms with van der Waals surface area (Å²) in [6.45, 7) is 8.13. The topological polar surface area (TPSA) is 212 Å². The molecule has 17 heteroatoms. The second-order valence-corrected chi connectivity index (χ2v) is 11.9. The van der Waals surface area contributed by atoms with Crippen LogP contribution in [-0.2, 0) is 23.8 Å². The molecule has 0 bridgehead atoms. The minimum Gasteiger partial charge on any atom is -0.479 e. The molecule has 1 fully saturated rings. The number of nitrogens with zero attached hydrogens (tertiary/aromatic N) is 4. The zero-order chi connectivity index (χ0) is 30.5. The van der Waals surface area contributed by atoms with E-state index in [-0.39, 0.29) is 25.8 Å². The van der Waals surface area contributed by atoms with Crippen molar-refractivity contribution in [1.29, 1.82) is 0 Å². The van der Waals surface area contributed by atoms with E-state index < -0.39 is 30.1 Å². The van der Waals surface area contributed by atoms with Crippen molar-refractivity contribution < 1.29 is 33.7 Å². The number of nitrogens with two attached hydrogens (primary N) is 2. The molecule has 0 unspecified atom stereocenters. The molecule has 0 spiro atoms. The van der Waals surface area contributed by atoms with Crippen molar-refractivity contribution in [3.05, 3.63) is 34.3 Å². The monoisotopic (exact) mass is 618 g/mol. The highest BCUT2D eigenvalue weighted by Gasteiger charge is 2.38. The van der Waals surface area contributed by atoms with Gasteiger partial charge in [0.05, 0.1) is 31.6 Å². The molecule has 0 aromatic heterocycles. The number of azide groups is 1. The Balaban J connectivity index is 2.38. The summed E-state index contributed by atoms with van der Waals surface area (Å²) in [4.78, 5) is 20.6. The Bertz CT molecular complexity index is 949. The SMILES string of the molecule is CC=C(NCC#C/C(N)=C/N(CON)[C@H]1C[C@@H](OCN=[N+]=[N-])[C@@H](CO)O1)OCCSSCCNC(=O)OC(C)(C)C. The van der Waals surface area contributed by atoms with Gasteiger partial charge in [-0.2, -0.15) is 0 Å². The molecule has 1 aliphatic rings. The maximum atomic E-state index is 11.6. The van der Waals surface area contributed by atoms with E-state index in [1.165, 1.54) is 0 Å². The van der Waals surface area contributed by atoms with Crippen molar-refractivity contribution in [3.8, 4) is 11.8 Å². The molecule has 0 radical (unpaired) electrons. The fourth-order valence-electron chi connectivity index (χ4n) is 3.23. The van der Waals surface area contributed by atoms with Crippen LogP contribution in [0.2, 0.25) is 0 Å². The van der Waals surface area contributed by atoms with Crippen molar-refractivity contribution >= 4 is 27.7 Å². The first-order valence-corrected chi connectivity index (χ1v) is 15.3. The summed E-state index contributed by atoms with van der Waals surface area (Å²) in [7, 11) is 3.29. The van der Waals surface area contributed by atoms with Gasteiger partial charge in [-0.3, -0.25) is 4.84 Å². The lowest BCUT2D eigenvalue weighted by Crippen LogP contribution is -2.35. The van der Waals surface area contributed by atoms with Crippen LogP contribution in [0, 0.1) is 11.8 Å². The largest absolute Gasteiger partial charge is 0.479 e. The van der Waals surface area contributed by atoms with Crippen LogP contribution >= 0.6 is 21.6 Å². The van der Waals surface area contributed by atoms with E-state index in [0.717, 1.165) is 11.5 Å². The molecular weight excluding hydrogens is 576 g/mol. The van der Waals surface area contributed by atoms with Gasteiger partial charge in [-0.25, -0.2) is 10.7 Å². The molecule has 41 heavy (non-hydrogen) atoms. The lowest BCUT2D eigenvalue weighted by atomic mass is 10.2. The summed E-state index contributed by atoms with van der Waals surface area (Å²) >= 11 is 0. The van der Waals surface area contributed by atoms with Gasteiger partial charge in [0.1, 0.15) is 31.4 Å². The van der Waals surface area contributed by atoms with Gasteiger partial charge in [0.15, 0.2) is 5.88 Å². The van der Waals surface area contributed by atoms with Crippen molar-refractivity contribution in [2.24, 2.45) is 16.7 Å². The summed E-state index contributed by atoms with van der Waals surface area (Å²) in [6.07, 6.45) is 1.63. The Morgan fingerprint density at radius 2 is 2.10 bits per heavy atom. The highest BCUT2D eigenvalue weighted by molar-refractivity contribution is 8.76. The van der Waals surface area contributed by atoms with Crippen molar-refractivity contribution in [1.82, 2.24) is 15.5 Å². The quantitative estimate of drug-likeness (QED) is 0.0172. The molecule has 7 N–H and O–H groups in total. The van der Waals surface area contributed by atoms with E-state index in [0.29, 0.717) is 32.0 Å². The Hall–Kier alpha value is -2.68. The number of hydrogen-bond donors (Lipinski definition) is 5. The molecule has 0 aromatic carbocycles. The van der Waals surface area contributed by atoms with Gasteiger partial charge in [0, 0.05) is 35.6 Å². The fraction of sp³-hybridized carbons (Fsp3) is 0.708. The molecule has 0 aromatic rings. The van der Waals surface area contributed by atoms with Crippen LogP contribution in [0.5, 0.6) is 0 Å². The second-order valence-electron chi connectivity index (χ2n) is 9.24. The first-order chi connectivity index (χ1) is 19.6. The lowest BCUT2D eigenvalue weighted by molar-refractivity contribution is -0.0985. The average molecular weight is 619 g/mol. The third-order valence-electron chi connectivity index (χ3n) is 4.88. The fourth-order valence-corrected chi connectivity index (χ4v) is 4.96. The molecule has 1 rings (SSSR count). The van der Waals surface area contributed by atoms with Gasteiger partial charge in [0.25, 0.3) is 0 Å². The summed E-state index contributed by atoms with van der Waals surface area (Å²) in [5.74, 6) is 13.1. The van der Waals surface area contributed by atoms with E-state index in [9.17, 15) is 9.90 Å². The van der Waals surface area contributed by atoms with Crippen molar-refractivity contribution in [2.45, 2.75) is 58.2 Å². The minimum atomic E-state index is -0.614. The minimum absolute atomic E-state index is 0.0420. The van der Waals surface area contributed by atoms with Crippen LogP contribution in [0.15, 0.2) is 29.0 Å². The lowest BCUT2D eigenvalue weighted by Gasteiger charge is -2.25. The molecule has 1 saturated heterocycles. The third kappa shape index (κ3) is 17.0.